The van der Waals surface area contributed by atoms with Gasteiger partial charge < -0.3 is 24.8 Å². The fourth-order valence-electron chi connectivity index (χ4n) is 4.27. The Kier molecular flexibility index (Phi) is 6.69. The van der Waals surface area contributed by atoms with E-state index >= 15 is 0 Å². The van der Waals surface area contributed by atoms with Crippen molar-refractivity contribution in [3.05, 3.63) is 60.4 Å². The summed E-state index contributed by atoms with van der Waals surface area (Å²) in [5, 5.41) is 3.39. The predicted molar refractivity (Wildman–Crippen MR) is 138 cm³/mol. The molecule has 8 nitrogen and oxygen atoms in total. The Balaban J connectivity index is 1.40. The van der Waals surface area contributed by atoms with Gasteiger partial charge in [-0.3, -0.25) is 9.98 Å². The molecule has 0 radical (unpaired) electrons. The van der Waals surface area contributed by atoms with Gasteiger partial charge in [0.25, 0.3) is 0 Å². The first-order chi connectivity index (χ1) is 16.7. The number of nitrogens with one attached hydrogen (secondary N) is 1. The molecule has 1 N–H and O–H groups in total. The van der Waals surface area contributed by atoms with E-state index in [4.69, 9.17) is 14.7 Å². The van der Waals surface area contributed by atoms with Gasteiger partial charge in [0.2, 0.25) is 0 Å². The number of pyridine rings is 2. The van der Waals surface area contributed by atoms with E-state index < -0.39 is 0 Å². The van der Waals surface area contributed by atoms with E-state index in [9.17, 15) is 0 Å². The second-order valence-corrected chi connectivity index (χ2v) is 8.77. The number of fused-ring (bicyclic) bond motifs is 1. The van der Waals surface area contributed by atoms with Crippen molar-refractivity contribution in [3.8, 4) is 17.0 Å². The second-order valence-electron chi connectivity index (χ2n) is 8.77. The largest absolute Gasteiger partial charge is 0.491 e. The standard InChI is InChI=1S/C26H31N7O/c1-31(2)14-15-34-22-7-8-24(29-18-22)23-5-3-4-20-16-28-19-33(26(20)23)21-6-9-25(30-17-21)32-12-10-27-11-13-32/h3-9,16-18,27H,10-15,19H2,1-2H3. The molecule has 0 aliphatic carbocycles. The fourth-order valence-corrected chi connectivity index (χ4v) is 4.27. The van der Waals surface area contributed by atoms with Crippen LogP contribution in [0.15, 0.2) is 59.9 Å². The highest BCUT2D eigenvalue weighted by molar-refractivity contribution is 5.98. The van der Waals surface area contributed by atoms with Gasteiger partial charge in [-0.15, -0.1) is 0 Å². The molecule has 2 aliphatic rings. The van der Waals surface area contributed by atoms with E-state index in [0.717, 1.165) is 72.5 Å². The van der Waals surface area contributed by atoms with Crippen molar-refractivity contribution >= 4 is 23.4 Å². The zero-order valence-corrected chi connectivity index (χ0v) is 19.8. The van der Waals surface area contributed by atoms with Crippen LogP contribution in [0.4, 0.5) is 17.2 Å². The summed E-state index contributed by atoms with van der Waals surface area (Å²) in [5.41, 5.74) is 5.16. The van der Waals surface area contributed by atoms with E-state index in [-0.39, 0.29) is 0 Å². The number of benzene rings is 1. The molecule has 5 rings (SSSR count). The van der Waals surface area contributed by atoms with Crippen LogP contribution in [-0.4, -0.2) is 81.2 Å². The number of nitrogens with zero attached hydrogens (tertiary/aromatic N) is 6. The molecule has 1 aromatic carbocycles. The third-order valence-electron chi connectivity index (χ3n) is 6.10. The van der Waals surface area contributed by atoms with E-state index in [1.807, 2.05) is 38.6 Å². The summed E-state index contributed by atoms with van der Waals surface area (Å²) in [6, 6.07) is 14.5. The molecule has 34 heavy (non-hydrogen) atoms. The number of ether oxygens (including phenoxy) is 1. The molecule has 0 amide bonds. The van der Waals surface area contributed by atoms with Crippen molar-refractivity contribution in [1.82, 2.24) is 20.2 Å². The monoisotopic (exact) mass is 457 g/mol. The molecule has 0 spiro atoms. The van der Waals surface area contributed by atoms with Crippen LogP contribution in [-0.2, 0) is 0 Å². The van der Waals surface area contributed by atoms with Gasteiger partial charge in [0.1, 0.15) is 24.8 Å². The number of hydrogen-bond donors (Lipinski definition) is 1. The first kappa shape index (κ1) is 22.3. The number of likely N-dealkylation sites (N-methyl/N-ethyl adjacent to an activating group) is 1. The van der Waals surface area contributed by atoms with Crippen LogP contribution >= 0.6 is 0 Å². The molecule has 3 aromatic rings. The zero-order chi connectivity index (χ0) is 23.3. The van der Waals surface area contributed by atoms with E-state index in [1.54, 1.807) is 6.20 Å². The lowest BCUT2D eigenvalue weighted by Gasteiger charge is -2.31. The van der Waals surface area contributed by atoms with Crippen LogP contribution in [0.5, 0.6) is 5.75 Å². The SMILES string of the molecule is CN(C)CCOc1ccc(-c2cccc3c2N(c2ccc(N4CCNCC4)nc2)CN=C3)nc1. The summed E-state index contributed by atoms with van der Waals surface area (Å²) >= 11 is 0. The van der Waals surface area contributed by atoms with Crippen molar-refractivity contribution < 1.29 is 4.74 Å². The Morgan fingerprint density at radius 3 is 2.62 bits per heavy atom. The number of aromatic nitrogens is 2. The van der Waals surface area contributed by atoms with Gasteiger partial charge >= 0.3 is 0 Å². The fraction of sp³-hybridized carbons (Fsp3) is 0.346. The molecule has 2 aromatic heterocycles. The molecule has 0 saturated carbocycles. The maximum absolute atomic E-state index is 5.82. The van der Waals surface area contributed by atoms with Crippen molar-refractivity contribution in [2.75, 3.05) is 69.9 Å². The number of piperazine rings is 1. The lowest BCUT2D eigenvalue weighted by molar-refractivity contribution is 0.260. The minimum absolute atomic E-state index is 0.546. The Hall–Kier alpha value is -3.49. The van der Waals surface area contributed by atoms with E-state index in [2.05, 4.69) is 55.3 Å². The highest BCUT2D eigenvalue weighted by Gasteiger charge is 2.22. The summed E-state index contributed by atoms with van der Waals surface area (Å²) in [4.78, 5) is 20.7. The zero-order valence-electron chi connectivity index (χ0n) is 19.8. The maximum atomic E-state index is 5.82. The molecule has 2 aliphatic heterocycles. The van der Waals surface area contributed by atoms with Crippen LogP contribution < -0.4 is 19.9 Å². The van der Waals surface area contributed by atoms with Crippen LogP contribution in [0.3, 0.4) is 0 Å². The molecule has 1 fully saturated rings. The van der Waals surface area contributed by atoms with Crippen molar-refractivity contribution in [3.63, 3.8) is 0 Å². The number of aliphatic imine (C=N–C) groups is 1. The summed E-state index contributed by atoms with van der Waals surface area (Å²) < 4.78 is 5.82. The quantitative estimate of drug-likeness (QED) is 0.585. The van der Waals surface area contributed by atoms with Crippen LogP contribution in [0.2, 0.25) is 0 Å². The van der Waals surface area contributed by atoms with Gasteiger partial charge in [-0.1, -0.05) is 18.2 Å². The lowest BCUT2D eigenvalue weighted by atomic mass is 10.0. The molecular weight excluding hydrogens is 426 g/mol. The van der Waals surface area contributed by atoms with Crippen LogP contribution in [0, 0.1) is 0 Å². The topological polar surface area (TPSA) is 69.1 Å². The number of anilines is 3. The molecule has 0 atom stereocenters. The minimum Gasteiger partial charge on any atom is -0.491 e. The molecule has 1 saturated heterocycles. The Bertz CT molecular complexity index is 1120. The first-order valence-electron chi connectivity index (χ1n) is 11.7. The van der Waals surface area contributed by atoms with Gasteiger partial charge in [0.15, 0.2) is 0 Å². The average Bonchev–Trinajstić information content (AvgIpc) is 2.89. The van der Waals surface area contributed by atoms with Crippen LogP contribution in [0.25, 0.3) is 11.3 Å². The molecular formula is C26H31N7O. The molecule has 8 heteroatoms. The summed E-state index contributed by atoms with van der Waals surface area (Å²) in [7, 11) is 4.07. The van der Waals surface area contributed by atoms with Gasteiger partial charge in [-0.25, -0.2) is 4.98 Å². The minimum atomic E-state index is 0.546. The van der Waals surface area contributed by atoms with Gasteiger partial charge in [0, 0.05) is 50.1 Å². The Morgan fingerprint density at radius 2 is 1.88 bits per heavy atom. The van der Waals surface area contributed by atoms with Crippen molar-refractivity contribution in [1.29, 1.82) is 0 Å². The normalized spacial score (nSPS) is 15.5. The van der Waals surface area contributed by atoms with Crippen molar-refractivity contribution in [2.24, 2.45) is 4.99 Å². The molecule has 4 heterocycles. The first-order valence-corrected chi connectivity index (χ1v) is 11.7. The third kappa shape index (κ3) is 4.88. The predicted octanol–water partition coefficient (Wildman–Crippen LogP) is 3.02. The summed E-state index contributed by atoms with van der Waals surface area (Å²) in [5.74, 6) is 1.80. The molecule has 0 bridgehead atoms. The van der Waals surface area contributed by atoms with Gasteiger partial charge in [0.05, 0.1) is 29.5 Å². The average molecular weight is 458 g/mol. The highest BCUT2D eigenvalue weighted by Crippen LogP contribution is 2.38. The number of rotatable bonds is 7. The smallest absolute Gasteiger partial charge is 0.137 e. The van der Waals surface area contributed by atoms with Crippen LogP contribution in [0.1, 0.15) is 5.56 Å². The summed E-state index contributed by atoms with van der Waals surface area (Å²) in [6.07, 6.45) is 5.69. The van der Waals surface area contributed by atoms with E-state index in [0.29, 0.717) is 13.3 Å². The van der Waals surface area contributed by atoms with Gasteiger partial charge in [-0.05, 0) is 38.4 Å². The highest BCUT2D eigenvalue weighted by atomic mass is 16.5. The molecule has 176 valence electrons. The molecule has 0 unspecified atom stereocenters. The maximum Gasteiger partial charge on any atom is 0.137 e. The van der Waals surface area contributed by atoms with Crippen molar-refractivity contribution in [2.45, 2.75) is 0 Å². The Morgan fingerprint density at radius 1 is 1.00 bits per heavy atom. The Labute approximate surface area is 200 Å². The lowest BCUT2D eigenvalue weighted by Crippen LogP contribution is -2.43. The number of hydrogen-bond acceptors (Lipinski definition) is 8. The number of para-hydroxylation sites is 1. The second kappa shape index (κ2) is 10.2. The van der Waals surface area contributed by atoms with Gasteiger partial charge in [-0.2, -0.15) is 0 Å². The third-order valence-corrected chi connectivity index (χ3v) is 6.10. The summed E-state index contributed by atoms with van der Waals surface area (Å²) in [6.45, 7) is 5.99. The van der Waals surface area contributed by atoms with E-state index in [1.165, 1.54) is 0 Å².